The van der Waals surface area contributed by atoms with Crippen molar-refractivity contribution in [1.82, 2.24) is 10.2 Å². The van der Waals surface area contributed by atoms with Gasteiger partial charge in [-0.2, -0.15) is 13.2 Å². The molecule has 1 N–H and O–H groups in total. The Labute approximate surface area is 165 Å². The van der Waals surface area contributed by atoms with Crippen LogP contribution in [0.4, 0.5) is 17.6 Å². The first-order chi connectivity index (χ1) is 13.7. The van der Waals surface area contributed by atoms with Gasteiger partial charge in [0.05, 0.1) is 5.56 Å². The lowest BCUT2D eigenvalue weighted by atomic mass is 9.95. The molecule has 2 aromatic rings. The van der Waals surface area contributed by atoms with Crippen molar-refractivity contribution in [3.63, 3.8) is 0 Å². The molecule has 0 bridgehead atoms. The van der Waals surface area contributed by atoms with Gasteiger partial charge >= 0.3 is 6.18 Å². The lowest BCUT2D eigenvalue weighted by Gasteiger charge is -2.31. The molecule has 4 nitrogen and oxygen atoms in total. The van der Waals surface area contributed by atoms with Gasteiger partial charge in [-0.05, 0) is 48.7 Å². The number of carbonyl (C=O) groups is 2. The highest BCUT2D eigenvalue weighted by Gasteiger charge is 2.31. The van der Waals surface area contributed by atoms with Gasteiger partial charge in [0.2, 0.25) is 5.91 Å². The van der Waals surface area contributed by atoms with Gasteiger partial charge in [-0.15, -0.1) is 0 Å². The van der Waals surface area contributed by atoms with Crippen molar-refractivity contribution < 1.29 is 27.2 Å². The molecular formula is C21H20F4N2O2. The molecule has 0 spiro atoms. The molecule has 1 aliphatic heterocycles. The number of likely N-dealkylation sites (tertiary alicyclic amines) is 1. The van der Waals surface area contributed by atoms with Crippen molar-refractivity contribution in [1.29, 1.82) is 0 Å². The summed E-state index contributed by atoms with van der Waals surface area (Å²) in [5.74, 6) is -1.75. The minimum absolute atomic E-state index is 0.0439. The van der Waals surface area contributed by atoms with Crippen LogP contribution in [0.5, 0.6) is 0 Å². The van der Waals surface area contributed by atoms with E-state index in [4.69, 9.17) is 0 Å². The first kappa shape index (κ1) is 20.8. The van der Waals surface area contributed by atoms with Crippen molar-refractivity contribution in [2.24, 2.45) is 5.92 Å². The number of hydrogen-bond acceptors (Lipinski definition) is 2. The maximum absolute atomic E-state index is 13.4. The van der Waals surface area contributed by atoms with Crippen molar-refractivity contribution in [3.8, 4) is 0 Å². The number of rotatable bonds is 4. The summed E-state index contributed by atoms with van der Waals surface area (Å²) >= 11 is 0. The molecule has 0 aromatic heterocycles. The minimum atomic E-state index is -4.65. The molecule has 0 atom stereocenters. The van der Waals surface area contributed by atoms with Crippen LogP contribution in [0.25, 0.3) is 0 Å². The highest BCUT2D eigenvalue weighted by atomic mass is 19.4. The average Bonchev–Trinajstić information content (AvgIpc) is 2.71. The maximum Gasteiger partial charge on any atom is 0.416 e. The largest absolute Gasteiger partial charge is 0.416 e. The van der Waals surface area contributed by atoms with E-state index in [-0.39, 0.29) is 29.8 Å². The Bertz CT molecular complexity index is 876. The van der Waals surface area contributed by atoms with E-state index in [1.54, 1.807) is 29.2 Å². The Balaban J connectivity index is 1.53. The Morgan fingerprint density at radius 2 is 1.69 bits per heavy atom. The molecule has 0 saturated carbocycles. The Morgan fingerprint density at radius 3 is 2.31 bits per heavy atom. The quantitative estimate of drug-likeness (QED) is 0.778. The predicted octanol–water partition coefficient (Wildman–Crippen LogP) is 4.01. The molecule has 1 saturated heterocycles. The summed E-state index contributed by atoms with van der Waals surface area (Å²) in [6.07, 6.45) is -3.73. The van der Waals surface area contributed by atoms with Crippen LogP contribution in [0.3, 0.4) is 0 Å². The second-order valence-electron chi connectivity index (χ2n) is 7.00. The summed E-state index contributed by atoms with van der Waals surface area (Å²) in [7, 11) is 0. The van der Waals surface area contributed by atoms with Gasteiger partial charge in [0.25, 0.3) is 5.91 Å². The van der Waals surface area contributed by atoms with Crippen LogP contribution in [-0.4, -0.2) is 29.8 Å². The summed E-state index contributed by atoms with van der Waals surface area (Å²) in [5.41, 5.74) is -0.459. The lowest BCUT2D eigenvalue weighted by Crippen LogP contribution is -2.42. The van der Waals surface area contributed by atoms with E-state index >= 15 is 0 Å². The lowest BCUT2D eigenvalue weighted by molar-refractivity contribution is -0.137. The monoisotopic (exact) mass is 408 g/mol. The van der Waals surface area contributed by atoms with Crippen LogP contribution in [0, 0.1) is 11.7 Å². The maximum atomic E-state index is 13.4. The van der Waals surface area contributed by atoms with E-state index in [1.165, 1.54) is 0 Å². The topological polar surface area (TPSA) is 49.4 Å². The van der Waals surface area contributed by atoms with Gasteiger partial charge in [-0.1, -0.05) is 18.2 Å². The smallest absolute Gasteiger partial charge is 0.352 e. The normalized spacial score (nSPS) is 15.2. The van der Waals surface area contributed by atoms with E-state index < -0.39 is 17.6 Å². The Morgan fingerprint density at radius 1 is 1.03 bits per heavy atom. The van der Waals surface area contributed by atoms with Gasteiger partial charge in [0.1, 0.15) is 5.82 Å². The number of benzene rings is 2. The van der Waals surface area contributed by atoms with Crippen LogP contribution < -0.4 is 5.32 Å². The Hall–Kier alpha value is -2.90. The fraction of sp³-hybridized carbons (Fsp3) is 0.333. The van der Waals surface area contributed by atoms with E-state index in [0.29, 0.717) is 37.6 Å². The first-order valence-corrected chi connectivity index (χ1v) is 9.23. The first-order valence-electron chi connectivity index (χ1n) is 9.23. The van der Waals surface area contributed by atoms with Gasteiger partial charge in [0, 0.05) is 31.1 Å². The molecule has 0 radical (unpaired) electrons. The molecule has 8 heteroatoms. The zero-order valence-electron chi connectivity index (χ0n) is 15.5. The molecule has 0 unspecified atom stereocenters. The highest BCUT2D eigenvalue weighted by molar-refractivity contribution is 5.94. The summed E-state index contributed by atoms with van der Waals surface area (Å²) in [6.45, 7) is 0.650. The number of nitrogens with one attached hydrogen (secondary N) is 1. The third kappa shape index (κ3) is 5.34. The second kappa shape index (κ2) is 8.63. The zero-order valence-corrected chi connectivity index (χ0v) is 15.5. The summed E-state index contributed by atoms with van der Waals surface area (Å²) < 4.78 is 51.8. The fourth-order valence-corrected chi connectivity index (χ4v) is 3.36. The molecule has 2 amide bonds. The summed E-state index contributed by atoms with van der Waals surface area (Å²) in [4.78, 5) is 26.5. The third-order valence-corrected chi connectivity index (χ3v) is 4.93. The highest BCUT2D eigenvalue weighted by Crippen LogP contribution is 2.30. The van der Waals surface area contributed by atoms with E-state index in [2.05, 4.69) is 5.32 Å². The molecule has 0 aliphatic carbocycles. The standard InChI is InChI=1S/C21H20F4N2O2/c22-18-11-14(10-17(12-18)21(23,24)25)13-26-19(28)15-6-8-27(9-7-15)20(29)16-4-2-1-3-5-16/h1-5,10-12,15H,6-9,13H2,(H,26,28). The molecule has 154 valence electrons. The minimum Gasteiger partial charge on any atom is -0.352 e. The second-order valence-corrected chi connectivity index (χ2v) is 7.00. The van der Waals surface area contributed by atoms with Crippen LogP contribution in [0.2, 0.25) is 0 Å². The third-order valence-electron chi connectivity index (χ3n) is 4.93. The van der Waals surface area contributed by atoms with Crippen molar-refractivity contribution >= 4 is 11.8 Å². The molecular weight excluding hydrogens is 388 g/mol. The number of nitrogens with zero attached hydrogens (tertiary/aromatic N) is 1. The number of carbonyl (C=O) groups excluding carboxylic acids is 2. The van der Waals surface area contributed by atoms with Gasteiger partial charge in [-0.3, -0.25) is 9.59 Å². The SMILES string of the molecule is O=C(NCc1cc(F)cc(C(F)(F)F)c1)C1CCN(C(=O)c2ccccc2)CC1. The summed E-state index contributed by atoms with van der Waals surface area (Å²) in [5, 5.41) is 2.57. The molecule has 1 heterocycles. The molecule has 2 aromatic carbocycles. The number of hydrogen-bond donors (Lipinski definition) is 1. The van der Waals surface area contributed by atoms with Crippen molar-refractivity contribution in [3.05, 3.63) is 71.0 Å². The predicted molar refractivity (Wildman–Crippen MR) is 98.3 cm³/mol. The number of amides is 2. The van der Waals surface area contributed by atoms with Crippen LogP contribution >= 0.6 is 0 Å². The number of alkyl halides is 3. The van der Waals surface area contributed by atoms with Gasteiger partial charge in [-0.25, -0.2) is 4.39 Å². The molecule has 29 heavy (non-hydrogen) atoms. The van der Waals surface area contributed by atoms with Crippen molar-refractivity contribution in [2.75, 3.05) is 13.1 Å². The van der Waals surface area contributed by atoms with Crippen molar-refractivity contribution in [2.45, 2.75) is 25.6 Å². The van der Waals surface area contributed by atoms with E-state index in [0.717, 1.165) is 12.1 Å². The van der Waals surface area contributed by atoms with Crippen LogP contribution in [0.15, 0.2) is 48.5 Å². The zero-order chi connectivity index (χ0) is 21.0. The molecule has 1 aliphatic rings. The van der Waals surface area contributed by atoms with Crippen LogP contribution in [0.1, 0.15) is 34.3 Å². The van der Waals surface area contributed by atoms with E-state index in [1.807, 2.05) is 6.07 Å². The van der Waals surface area contributed by atoms with Gasteiger partial charge < -0.3 is 10.2 Å². The average molecular weight is 408 g/mol. The number of halogens is 4. The van der Waals surface area contributed by atoms with Crippen LogP contribution in [-0.2, 0) is 17.5 Å². The molecule has 3 rings (SSSR count). The Kier molecular flexibility index (Phi) is 6.20. The molecule has 1 fully saturated rings. The summed E-state index contributed by atoms with van der Waals surface area (Å²) in [6, 6.07) is 11.1. The number of piperidine rings is 1. The van der Waals surface area contributed by atoms with E-state index in [9.17, 15) is 27.2 Å². The van der Waals surface area contributed by atoms with Gasteiger partial charge in [0.15, 0.2) is 0 Å². The fourth-order valence-electron chi connectivity index (χ4n) is 3.36.